The second-order valence-electron chi connectivity index (χ2n) is 5.32. The number of hydrogen-bond acceptors (Lipinski definition) is 4. The highest BCUT2D eigenvalue weighted by Crippen LogP contribution is 2.29. The Hall–Kier alpha value is -1.31. The molecule has 0 bridgehead atoms. The number of ether oxygens (including phenoxy) is 1. The number of methoxy groups -OCH3 is 1. The Morgan fingerprint density at radius 3 is 2.45 bits per heavy atom. The van der Waals surface area contributed by atoms with Crippen molar-refractivity contribution in [1.29, 1.82) is 0 Å². The van der Waals surface area contributed by atoms with Gasteiger partial charge in [0.1, 0.15) is 5.56 Å². The summed E-state index contributed by atoms with van der Waals surface area (Å²) in [5.74, 6) is -1.56. The molecule has 1 rings (SSSR count). The van der Waals surface area contributed by atoms with Crippen LogP contribution in [-0.2, 0) is 14.8 Å². The third kappa shape index (κ3) is 4.59. The minimum Gasteiger partial charge on any atom is -0.478 e. The molecule has 6 nitrogen and oxygen atoms in total. The van der Waals surface area contributed by atoms with Gasteiger partial charge < -0.3 is 9.84 Å². The Morgan fingerprint density at radius 2 is 2.00 bits per heavy atom. The Balaban J connectivity index is 3.19. The number of anilines is 1. The molecule has 0 saturated carbocycles. The van der Waals surface area contributed by atoms with Crippen molar-refractivity contribution in [2.24, 2.45) is 5.92 Å². The van der Waals surface area contributed by atoms with Gasteiger partial charge in [-0.25, -0.2) is 13.2 Å². The number of carboxylic acids is 1. The van der Waals surface area contributed by atoms with Crippen molar-refractivity contribution in [2.75, 3.05) is 17.6 Å². The minimum absolute atomic E-state index is 0.000905. The molecule has 1 atom stereocenters. The van der Waals surface area contributed by atoms with Gasteiger partial charge in [0.2, 0.25) is 10.0 Å². The normalized spacial score (nSPS) is 13.2. The van der Waals surface area contributed by atoms with Gasteiger partial charge >= 0.3 is 5.97 Å². The van der Waals surface area contributed by atoms with E-state index in [0.717, 1.165) is 0 Å². The summed E-state index contributed by atoms with van der Waals surface area (Å²) in [6.45, 7) is 5.30. The van der Waals surface area contributed by atoms with E-state index < -0.39 is 22.1 Å². The molecule has 124 valence electrons. The van der Waals surface area contributed by atoms with Crippen LogP contribution in [0.5, 0.6) is 0 Å². The van der Waals surface area contributed by atoms with E-state index in [1.165, 1.54) is 13.2 Å². The van der Waals surface area contributed by atoms with Gasteiger partial charge in [0.15, 0.2) is 0 Å². The molecule has 22 heavy (non-hydrogen) atoms. The SMILES string of the molecule is COC(CS(=O)(=O)Nc1c(C)ccc(Cl)c1C(=O)O)C(C)C. The lowest BCUT2D eigenvalue weighted by Gasteiger charge is -2.20. The van der Waals surface area contributed by atoms with Gasteiger partial charge in [-0.15, -0.1) is 0 Å². The van der Waals surface area contributed by atoms with E-state index in [4.69, 9.17) is 16.3 Å². The fourth-order valence-electron chi connectivity index (χ4n) is 1.97. The van der Waals surface area contributed by atoms with Crippen LogP contribution >= 0.6 is 11.6 Å². The van der Waals surface area contributed by atoms with Crippen LogP contribution in [0.25, 0.3) is 0 Å². The zero-order chi connectivity index (χ0) is 17.1. The number of carbonyl (C=O) groups is 1. The summed E-state index contributed by atoms with van der Waals surface area (Å²) in [6.07, 6.45) is -0.495. The monoisotopic (exact) mass is 349 g/mol. The highest BCUT2D eigenvalue weighted by molar-refractivity contribution is 7.92. The van der Waals surface area contributed by atoms with Gasteiger partial charge in [-0.3, -0.25) is 4.72 Å². The molecule has 1 aromatic rings. The molecule has 0 aliphatic carbocycles. The van der Waals surface area contributed by atoms with Crippen molar-refractivity contribution in [1.82, 2.24) is 0 Å². The largest absolute Gasteiger partial charge is 0.478 e. The molecule has 2 N–H and O–H groups in total. The predicted octanol–water partition coefficient (Wildman–Crippen LogP) is 2.76. The van der Waals surface area contributed by atoms with Crippen LogP contribution in [0, 0.1) is 12.8 Å². The van der Waals surface area contributed by atoms with E-state index in [0.29, 0.717) is 5.56 Å². The number of carboxylic acid groups (broad SMARTS) is 1. The molecule has 0 saturated heterocycles. The number of aryl methyl sites for hydroxylation is 1. The van der Waals surface area contributed by atoms with Gasteiger partial charge in [0.05, 0.1) is 22.6 Å². The summed E-state index contributed by atoms with van der Waals surface area (Å²) in [5.41, 5.74) is 0.200. The maximum atomic E-state index is 12.3. The molecule has 0 aromatic heterocycles. The van der Waals surface area contributed by atoms with Crippen LogP contribution in [0.15, 0.2) is 12.1 Å². The molecule has 0 aliphatic rings. The first-order chi connectivity index (χ1) is 10.1. The summed E-state index contributed by atoms with van der Waals surface area (Å²) >= 11 is 5.87. The van der Waals surface area contributed by atoms with E-state index in [-0.39, 0.29) is 27.9 Å². The standard InChI is InChI=1S/C14H20ClNO5S/c1-8(2)11(21-4)7-22(19,20)16-13-9(3)5-6-10(15)12(13)14(17)18/h5-6,8,11,16H,7H2,1-4H3,(H,17,18). The lowest BCUT2D eigenvalue weighted by atomic mass is 10.1. The lowest BCUT2D eigenvalue weighted by molar-refractivity contribution is 0.0698. The van der Waals surface area contributed by atoms with Crippen LogP contribution in [-0.4, -0.2) is 38.5 Å². The minimum atomic E-state index is -3.78. The fourth-order valence-corrected chi connectivity index (χ4v) is 3.82. The average molecular weight is 350 g/mol. The molecule has 1 aromatic carbocycles. The second-order valence-corrected chi connectivity index (χ2v) is 7.50. The first-order valence-corrected chi connectivity index (χ1v) is 8.67. The van der Waals surface area contributed by atoms with Crippen molar-refractivity contribution in [3.8, 4) is 0 Å². The van der Waals surface area contributed by atoms with Gasteiger partial charge in [-0.1, -0.05) is 31.5 Å². The van der Waals surface area contributed by atoms with Gasteiger partial charge in [0, 0.05) is 7.11 Å². The number of rotatable bonds is 7. The van der Waals surface area contributed by atoms with E-state index in [1.807, 2.05) is 13.8 Å². The van der Waals surface area contributed by atoms with Crippen molar-refractivity contribution < 1.29 is 23.1 Å². The topological polar surface area (TPSA) is 92.7 Å². The lowest BCUT2D eigenvalue weighted by Crippen LogP contribution is -2.32. The van der Waals surface area contributed by atoms with Crippen molar-refractivity contribution in [2.45, 2.75) is 26.9 Å². The molecule has 0 fully saturated rings. The third-order valence-electron chi connectivity index (χ3n) is 3.26. The number of halogens is 1. The zero-order valence-corrected chi connectivity index (χ0v) is 14.5. The van der Waals surface area contributed by atoms with Crippen molar-refractivity contribution in [3.05, 3.63) is 28.3 Å². The van der Waals surface area contributed by atoms with Crippen molar-refractivity contribution in [3.63, 3.8) is 0 Å². The van der Waals surface area contributed by atoms with Crippen LogP contribution in [0.4, 0.5) is 5.69 Å². The molecule has 8 heteroatoms. The Bertz CT molecular complexity index is 657. The number of sulfonamides is 1. The summed E-state index contributed by atoms with van der Waals surface area (Å²) in [7, 11) is -2.35. The number of benzene rings is 1. The first-order valence-electron chi connectivity index (χ1n) is 6.64. The average Bonchev–Trinajstić information content (AvgIpc) is 2.39. The Morgan fingerprint density at radius 1 is 1.41 bits per heavy atom. The number of hydrogen-bond donors (Lipinski definition) is 2. The Kier molecular flexibility index (Phi) is 6.22. The summed E-state index contributed by atoms with van der Waals surface area (Å²) in [4.78, 5) is 11.3. The number of aromatic carboxylic acids is 1. The zero-order valence-electron chi connectivity index (χ0n) is 12.9. The van der Waals surface area contributed by atoms with Crippen LogP contribution < -0.4 is 4.72 Å². The second kappa shape index (κ2) is 7.30. The molecular formula is C14H20ClNO5S. The van der Waals surface area contributed by atoms with Gasteiger partial charge in [-0.05, 0) is 24.5 Å². The van der Waals surface area contributed by atoms with Crippen molar-refractivity contribution >= 4 is 33.3 Å². The fraction of sp³-hybridized carbons (Fsp3) is 0.500. The summed E-state index contributed by atoms with van der Waals surface area (Å²) in [5, 5.41) is 9.22. The maximum Gasteiger partial charge on any atom is 0.339 e. The maximum absolute atomic E-state index is 12.3. The van der Waals surface area contributed by atoms with Crippen LogP contribution in [0.2, 0.25) is 5.02 Å². The summed E-state index contributed by atoms with van der Waals surface area (Å²) < 4.78 is 32.0. The van der Waals surface area contributed by atoms with E-state index in [9.17, 15) is 18.3 Å². The molecule has 0 amide bonds. The van der Waals surface area contributed by atoms with Crippen LogP contribution in [0.3, 0.4) is 0 Å². The highest BCUT2D eigenvalue weighted by atomic mass is 35.5. The highest BCUT2D eigenvalue weighted by Gasteiger charge is 2.25. The summed E-state index contributed by atoms with van der Waals surface area (Å²) in [6, 6.07) is 2.98. The van der Waals surface area contributed by atoms with Gasteiger partial charge in [0.25, 0.3) is 0 Å². The van der Waals surface area contributed by atoms with Gasteiger partial charge in [-0.2, -0.15) is 0 Å². The van der Waals surface area contributed by atoms with Crippen LogP contribution in [0.1, 0.15) is 29.8 Å². The van der Waals surface area contributed by atoms with E-state index in [1.54, 1.807) is 13.0 Å². The first kappa shape index (κ1) is 18.7. The quantitative estimate of drug-likeness (QED) is 0.789. The van der Waals surface area contributed by atoms with E-state index in [2.05, 4.69) is 4.72 Å². The molecule has 0 spiro atoms. The smallest absolute Gasteiger partial charge is 0.339 e. The van der Waals surface area contributed by atoms with E-state index >= 15 is 0 Å². The predicted molar refractivity (Wildman–Crippen MR) is 86.2 cm³/mol. The molecule has 0 aliphatic heterocycles. The molecule has 0 radical (unpaired) electrons. The number of nitrogens with one attached hydrogen (secondary N) is 1. The third-order valence-corrected chi connectivity index (χ3v) is 4.86. The molecular weight excluding hydrogens is 330 g/mol. The molecule has 1 unspecified atom stereocenters. The Labute approximate surface area is 135 Å². The molecule has 0 heterocycles.